The topological polar surface area (TPSA) is 35.8 Å². The summed E-state index contributed by atoms with van der Waals surface area (Å²) in [5.74, 6) is 3.86. The fourth-order valence-corrected chi connectivity index (χ4v) is 3.08. The molecule has 1 unspecified atom stereocenters. The van der Waals surface area contributed by atoms with Crippen molar-refractivity contribution < 1.29 is 0 Å². The smallest absolute Gasteiger partial charge is 0.110 e. The average Bonchev–Trinajstić information content (AvgIpc) is 2.28. The first-order chi connectivity index (χ1) is 6.80. The lowest BCUT2D eigenvalue weighted by atomic mass is 9.61. The van der Waals surface area contributed by atoms with Crippen LogP contribution < -0.4 is 5.32 Å². The molecule has 3 aliphatic carbocycles. The standard InChI is InChI=1S/C12H16N2/c1-2-7-14-12(9-13)8-10-3-5-11(12)6-4-10/h1,10-11,14H,3-8H2. The number of fused-ring (bicyclic) bond motifs is 3. The number of nitrogens with one attached hydrogen (secondary N) is 1. The van der Waals surface area contributed by atoms with Crippen LogP contribution in [0.2, 0.25) is 0 Å². The van der Waals surface area contributed by atoms with E-state index in [0.717, 1.165) is 12.3 Å². The van der Waals surface area contributed by atoms with Gasteiger partial charge in [-0.3, -0.25) is 5.32 Å². The molecule has 0 spiro atoms. The third-order valence-electron chi connectivity index (χ3n) is 3.86. The summed E-state index contributed by atoms with van der Waals surface area (Å²) in [7, 11) is 0. The molecule has 1 atom stereocenters. The molecule has 1 N–H and O–H groups in total. The van der Waals surface area contributed by atoms with Gasteiger partial charge in [0, 0.05) is 0 Å². The minimum absolute atomic E-state index is 0.298. The number of nitrogens with zero attached hydrogens (tertiary/aromatic N) is 1. The predicted molar refractivity (Wildman–Crippen MR) is 55.2 cm³/mol. The molecule has 0 aromatic heterocycles. The highest BCUT2D eigenvalue weighted by atomic mass is 15.0. The van der Waals surface area contributed by atoms with E-state index in [9.17, 15) is 5.26 Å². The molecule has 0 aliphatic heterocycles. The van der Waals surface area contributed by atoms with E-state index in [-0.39, 0.29) is 5.54 Å². The van der Waals surface area contributed by atoms with E-state index < -0.39 is 0 Å². The van der Waals surface area contributed by atoms with Crippen molar-refractivity contribution in [3.8, 4) is 18.4 Å². The fraction of sp³-hybridized carbons (Fsp3) is 0.750. The van der Waals surface area contributed by atoms with Crippen molar-refractivity contribution in [3.05, 3.63) is 0 Å². The van der Waals surface area contributed by atoms with Crippen molar-refractivity contribution in [2.75, 3.05) is 6.54 Å². The van der Waals surface area contributed by atoms with Gasteiger partial charge < -0.3 is 0 Å². The Balaban J connectivity index is 2.13. The number of hydrogen-bond acceptors (Lipinski definition) is 2. The van der Waals surface area contributed by atoms with E-state index in [4.69, 9.17) is 6.42 Å². The van der Waals surface area contributed by atoms with Crippen LogP contribution in [0.4, 0.5) is 0 Å². The second-order valence-corrected chi connectivity index (χ2v) is 4.56. The Morgan fingerprint density at radius 2 is 2.07 bits per heavy atom. The molecule has 0 amide bonds. The highest BCUT2D eigenvalue weighted by molar-refractivity contribution is 5.17. The lowest BCUT2D eigenvalue weighted by molar-refractivity contribution is 0.0825. The van der Waals surface area contributed by atoms with Crippen LogP contribution in [-0.4, -0.2) is 12.1 Å². The van der Waals surface area contributed by atoms with Crippen LogP contribution >= 0.6 is 0 Å². The number of hydrogen-bond donors (Lipinski definition) is 1. The Kier molecular flexibility index (Phi) is 2.48. The molecular formula is C12H16N2. The molecule has 14 heavy (non-hydrogen) atoms. The summed E-state index contributed by atoms with van der Waals surface area (Å²) in [6.07, 6.45) is 11.3. The maximum absolute atomic E-state index is 9.31. The quantitative estimate of drug-likeness (QED) is 0.669. The zero-order chi connectivity index (χ0) is 10.0. The van der Waals surface area contributed by atoms with Gasteiger partial charge in [-0.25, -0.2) is 0 Å². The van der Waals surface area contributed by atoms with E-state index in [0.29, 0.717) is 12.5 Å². The van der Waals surface area contributed by atoms with Crippen molar-refractivity contribution >= 4 is 0 Å². The van der Waals surface area contributed by atoms with Gasteiger partial charge in [-0.15, -0.1) is 6.42 Å². The molecule has 2 bridgehead atoms. The Hall–Kier alpha value is -0.990. The van der Waals surface area contributed by atoms with Gasteiger partial charge in [-0.05, 0) is 43.9 Å². The Bertz CT molecular complexity index is 288. The number of nitriles is 1. The molecule has 0 saturated heterocycles. The summed E-state index contributed by atoms with van der Waals surface area (Å²) in [4.78, 5) is 0. The van der Waals surface area contributed by atoms with Crippen LogP contribution in [0.1, 0.15) is 32.1 Å². The summed E-state index contributed by atoms with van der Waals surface area (Å²) >= 11 is 0. The first-order valence-corrected chi connectivity index (χ1v) is 5.40. The van der Waals surface area contributed by atoms with E-state index in [2.05, 4.69) is 17.3 Å². The third-order valence-corrected chi connectivity index (χ3v) is 3.86. The lowest BCUT2D eigenvalue weighted by Gasteiger charge is -2.48. The van der Waals surface area contributed by atoms with E-state index >= 15 is 0 Å². The highest BCUT2D eigenvalue weighted by Crippen LogP contribution is 2.46. The Labute approximate surface area is 85.7 Å². The summed E-state index contributed by atoms with van der Waals surface area (Å²) in [5.41, 5.74) is -0.298. The van der Waals surface area contributed by atoms with Gasteiger partial charge in [0.1, 0.15) is 5.54 Å². The van der Waals surface area contributed by atoms with Crippen LogP contribution in [0.3, 0.4) is 0 Å². The normalized spacial score (nSPS) is 40.1. The molecule has 74 valence electrons. The number of rotatable bonds is 2. The molecular weight excluding hydrogens is 172 g/mol. The van der Waals surface area contributed by atoms with E-state index in [1.165, 1.54) is 25.7 Å². The molecule has 2 heteroatoms. The second kappa shape index (κ2) is 3.64. The molecule has 0 aromatic carbocycles. The first-order valence-electron chi connectivity index (χ1n) is 5.40. The third kappa shape index (κ3) is 1.41. The largest absolute Gasteiger partial charge is 0.288 e. The van der Waals surface area contributed by atoms with Crippen molar-refractivity contribution in [2.45, 2.75) is 37.6 Å². The van der Waals surface area contributed by atoms with Gasteiger partial charge in [0.15, 0.2) is 0 Å². The summed E-state index contributed by atoms with van der Waals surface area (Å²) < 4.78 is 0. The second-order valence-electron chi connectivity index (χ2n) is 4.56. The van der Waals surface area contributed by atoms with Crippen LogP contribution in [0.25, 0.3) is 0 Å². The number of terminal acetylenes is 1. The minimum Gasteiger partial charge on any atom is -0.288 e. The molecule has 3 fully saturated rings. The van der Waals surface area contributed by atoms with E-state index in [1.807, 2.05) is 0 Å². The monoisotopic (exact) mass is 188 g/mol. The molecule has 3 saturated carbocycles. The zero-order valence-corrected chi connectivity index (χ0v) is 8.42. The first kappa shape index (κ1) is 9.56. The fourth-order valence-electron chi connectivity index (χ4n) is 3.08. The van der Waals surface area contributed by atoms with Crippen molar-refractivity contribution in [1.29, 1.82) is 5.26 Å². The summed E-state index contributed by atoms with van der Waals surface area (Å²) in [5, 5.41) is 12.6. The average molecular weight is 188 g/mol. The van der Waals surface area contributed by atoms with Crippen LogP contribution in [0.15, 0.2) is 0 Å². The highest BCUT2D eigenvalue weighted by Gasteiger charge is 2.47. The van der Waals surface area contributed by atoms with E-state index in [1.54, 1.807) is 0 Å². The van der Waals surface area contributed by atoms with Crippen LogP contribution in [-0.2, 0) is 0 Å². The predicted octanol–water partition coefficient (Wildman–Crippen LogP) is 1.68. The lowest BCUT2D eigenvalue weighted by Crippen LogP contribution is -2.56. The Morgan fingerprint density at radius 1 is 1.36 bits per heavy atom. The maximum atomic E-state index is 9.31. The van der Waals surface area contributed by atoms with Crippen molar-refractivity contribution in [1.82, 2.24) is 5.32 Å². The molecule has 0 aromatic rings. The SMILES string of the molecule is C#CCNC1(C#N)CC2CCC1CC2. The zero-order valence-electron chi connectivity index (χ0n) is 8.42. The summed E-state index contributed by atoms with van der Waals surface area (Å²) in [6.45, 7) is 0.525. The minimum atomic E-state index is -0.298. The van der Waals surface area contributed by atoms with Gasteiger partial charge in [0.05, 0.1) is 12.6 Å². The van der Waals surface area contributed by atoms with Crippen molar-refractivity contribution in [2.24, 2.45) is 11.8 Å². The summed E-state index contributed by atoms with van der Waals surface area (Å²) in [6, 6.07) is 2.48. The molecule has 3 rings (SSSR count). The molecule has 2 nitrogen and oxygen atoms in total. The van der Waals surface area contributed by atoms with Crippen LogP contribution in [0, 0.1) is 35.5 Å². The molecule has 0 radical (unpaired) electrons. The van der Waals surface area contributed by atoms with Gasteiger partial charge >= 0.3 is 0 Å². The van der Waals surface area contributed by atoms with Gasteiger partial charge in [0.2, 0.25) is 0 Å². The maximum Gasteiger partial charge on any atom is 0.110 e. The van der Waals surface area contributed by atoms with Gasteiger partial charge in [-0.2, -0.15) is 5.26 Å². The molecule has 0 heterocycles. The van der Waals surface area contributed by atoms with Crippen molar-refractivity contribution in [3.63, 3.8) is 0 Å². The van der Waals surface area contributed by atoms with Gasteiger partial charge in [0.25, 0.3) is 0 Å². The van der Waals surface area contributed by atoms with Gasteiger partial charge in [-0.1, -0.05) is 5.92 Å². The van der Waals surface area contributed by atoms with Crippen LogP contribution in [0.5, 0.6) is 0 Å². The molecule has 3 aliphatic rings. The Morgan fingerprint density at radius 3 is 2.50 bits per heavy atom.